The molecule has 35 heavy (non-hydrogen) atoms. The minimum atomic E-state index is -0.626. The van der Waals surface area contributed by atoms with Crippen molar-refractivity contribution in [2.45, 2.75) is 33.6 Å². The van der Waals surface area contributed by atoms with Crippen molar-refractivity contribution in [3.63, 3.8) is 0 Å². The second kappa shape index (κ2) is 12.2. The zero-order chi connectivity index (χ0) is 25.4. The van der Waals surface area contributed by atoms with Crippen molar-refractivity contribution in [2.24, 2.45) is 0 Å². The lowest BCUT2D eigenvalue weighted by Gasteiger charge is -2.10. The summed E-state index contributed by atoms with van der Waals surface area (Å²) in [5.74, 6) is -0.0259. The molecule has 0 unspecified atom stereocenters. The van der Waals surface area contributed by atoms with Crippen LogP contribution in [0.4, 0.5) is 11.4 Å². The van der Waals surface area contributed by atoms with Gasteiger partial charge in [0.05, 0.1) is 6.42 Å². The summed E-state index contributed by atoms with van der Waals surface area (Å²) in [6, 6.07) is 18.2. The van der Waals surface area contributed by atoms with Gasteiger partial charge in [-0.25, -0.2) is 0 Å². The number of carbonyl (C=O) groups is 3. The van der Waals surface area contributed by atoms with Gasteiger partial charge >= 0.3 is 5.97 Å². The molecule has 0 fully saturated rings. The first-order valence-corrected chi connectivity index (χ1v) is 11.9. The molecule has 2 N–H and O–H groups in total. The number of esters is 1. The first-order chi connectivity index (χ1) is 16.7. The summed E-state index contributed by atoms with van der Waals surface area (Å²) in [7, 11) is 0. The Hall–Kier alpha value is -3.65. The van der Waals surface area contributed by atoms with Gasteiger partial charge in [0.25, 0.3) is 5.91 Å². The van der Waals surface area contributed by atoms with Crippen LogP contribution in [-0.4, -0.2) is 24.4 Å². The predicted octanol–water partition coefficient (Wildman–Crippen LogP) is 6.07. The van der Waals surface area contributed by atoms with E-state index in [1.54, 1.807) is 36.4 Å². The van der Waals surface area contributed by atoms with Crippen molar-refractivity contribution in [3.05, 3.63) is 81.8 Å². The molecular weight excluding hydrogens is 512 g/mol. The molecule has 3 aromatic carbocycles. The SMILES string of the molecule is Cc1ccc(Oc2ccc(NC(=O)CCC(=O)OCC(=O)Nc3ccc(Br)c(C)c3)cc2)cc1C. The quantitative estimate of drug-likeness (QED) is 0.322. The van der Waals surface area contributed by atoms with E-state index in [2.05, 4.69) is 26.6 Å². The topological polar surface area (TPSA) is 93.7 Å². The summed E-state index contributed by atoms with van der Waals surface area (Å²) in [5, 5.41) is 5.39. The number of amides is 2. The Bertz CT molecular complexity index is 1220. The average molecular weight is 539 g/mol. The minimum absolute atomic E-state index is 0.0622. The van der Waals surface area contributed by atoms with Crippen molar-refractivity contribution >= 4 is 45.1 Å². The fraction of sp³-hybridized carbons (Fsp3) is 0.222. The van der Waals surface area contributed by atoms with Crippen LogP contribution in [0.2, 0.25) is 0 Å². The molecule has 8 heteroatoms. The summed E-state index contributed by atoms with van der Waals surface area (Å²) >= 11 is 3.39. The van der Waals surface area contributed by atoms with Crippen molar-refractivity contribution in [2.75, 3.05) is 17.2 Å². The average Bonchev–Trinajstić information content (AvgIpc) is 2.82. The van der Waals surface area contributed by atoms with Gasteiger partial charge in [-0.15, -0.1) is 0 Å². The van der Waals surface area contributed by atoms with Gasteiger partial charge in [0.15, 0.2) is 6.61 Å². The fourth-order valence-corrected chi connectivity index (χ4v) is 3.34. The number of benzene rings is 3. The van der Waals surface area contributed by atoms with E-state index in [1.165, 1.54) is 5.56 Å². The smallest absolute Gasteiger partial charge is 0.306 e. The number of rotatable bonds is 9. The zero-order valence-electron chi connectivity index (χ0n) is 19.8. The van der Waals surface area contributed by atoms with Gasteiger partial charge in [0, 0.05) is 22.3 Å². The lowest BCUT2D eigenvalue weighted by molar-refractivity contribution is -0.147. The number of carbonyl (C=O) groups excluding carboxylic acids is 3. The van der Waals surface area contributed by atoms with Gasteiger partial charge in [-0.3, -0.25) is 14.4 Å². The lowest BCUT2D eigenvalue weighted by atomic mass is 10.1. The third-order valence-corrected chi connectivity index (χ3v) is 6.10. The number of halogens is 1. The molecule has 0 saturated carbocycles. The summed E-state index contributed by atoms with van der Waals surface area (Å²) in [6.45, 7) is 5.55. The molecule has 0 heterocycles. The van der Waals surface area contributed by atoms with E-state index in [0.29, 0.717) is 17.1 Å². The first kappa shape index (κ1) is 26.0. The lowest BCUT2D eigenvalue weighted by Crippen LogP contribution is -2.21. The van der Waals surface area contributed by atoms with Crippen LogP contribution in [-0.2, 0) is 19.1 Å². The summed E-state index contributed by atoms with van der Waals surface area (Å²) in [6.07, 6.45) is -0.197. The van der Waals surface area contributed by atoms with E-state index in [1.807, 2.05) is 45.0 Å². The highest BCUT2D eigenvalue weighted by Gasteiger charge is 2.11. The monoisotopic (exact) mass is 538 g/mol. The molecule has 0 aliphatic rings. The number of ether oxygens (including phenoxy) is 2. The normalized spacial score (nSPS) is 10.4. The molecule has 0 aliphatic carbocycles. The van der Waals surface area contributed by atoms with Crippen molar-refractivity contribution in [1.82, 2.24) is 0 Å². The van der Waals surface area contributed by atoms with Crippen LogP contribution in [0.25, 0.3) is 0 Å². The van der Waals surface area contributed by atoms with Crippen LogP contribution < -0.4 is 15.4 Å². The number of hydrogen-bond acceptors (Lipinski definition) is 5. The maximum atomic E-state index is 12.2. The second-order valence-corrected chi connectivity index (χ2v) is 8.95. The molecule has 0 bridgehead atoms. The van der Waals surface area contributed by atoms with Crippen LogP contribution >= 0.6 is 15.9 Å². The fourth-order valence-electron chi connectivity index (χ4n) is 3.10. The molecule has 0 aromatic heterocycles. The van der Waals surface area contributed by atoms with Crippen LogP contribution in [0.3, 0.4) is 0 Å². The van der Waals surface area contributed by atoms with Gasteiger partial charge in [-0.05, 0) is 92.1 Å². The Morgan fingerprint density at radius 3 is 2.06 bits per heavy atom. The van der Waals surface area contributed by atoms with Gasteiger partial charge in [-0.2, -0.15) is 0 Å². The highest BCUT2D eigenvalue weighted by atomic mass is 79.9. The highest BCUT2D eigenvalue weighted by molar-refractivity contribution is 9.10. The van der Waals surface area contributed by atoms with Crippen molar-refractivity contribution in [3.8, 4) is 11.5 Å². The molecule has 7 nitrogen and oxygen atoms in total. The Balaban J connectivity index is 1.38. The van der Waals surface area contributed by atoms with Crippen LogP contribution in [0, 0.1) is 20.8 Å². The Labute approximate surface area is 213 Å². The van der Waals surface area contributed by atoms with E-state index < -0.39 is 18.5 Å². The van der Waals surface area contributed by atoms with Crippen molar-refractivity contribution in [1.29, 1.82) is 0 Å². The van der Waals surface area contributed by atoms with Crippen LogP contribution in [0.1, 0.15) is 29.5 Å². The first-order valence-electron chi connectivity index (χ1n) is 11.1. The van der Waals surface area contributed by atoms with E-state index in [9.17, 15) is 14.4 Å². The Morgan fingerprint density at radius 2 is 1.37 bits per heavy atom. The molecule has 0 aliphatic heterocycles. The molecule has 2 amide bonds. The Morgan fingerprint density at radius 1 is 0.714 bits per heavy atom. The third kappa shape index (κ3) is 8.26. The number of nitrogens with one attached hydrogen (secondary N) is 2. The molecular formula is C27H27BrN2O5. The zero-order valence-corrected chi connectivity index (χ0v) is 21.4. The predicted molar refractivity (Wildman–Crippen MR) is 139 cm³/mol. The molecule has 3 aromatic rings. The third-order valence-electron chi connectivity index (χ3n) is 5.21. The van der Waals surface area contributed by atoms with E-state index in [4.69, 9.17) is 9.47 Å². The largest absolute Gasteiger partial charge is 0.457 e. The number of aryl methyl sites for hydroxylation is 3. The molecule has 0 atom stereocenters. The molecule has 3 rings (SSSR count). The van der Waals surface area contributed by atoms with Gasteiger partial charge in [0.2, 0.25) is 5.91 Å². The summed E-state index contributed by atoms with van der Waals surface area (Å²) < 4.78 is 11.7. The standard InChI is InChI=1S/C27H27BrN2O5/c1-17-4-8-23(15-18(17)2)35-22-9-5-20(6-10-22)29-25(31)12-13-27(33)34-16-26(32)30-21-7-11-24(28)19(3)14-21/h4-11,14-15H,12-13,16H2,1-3H3,(H,29,31)(H,30,32). The number of anilines is 2. The van der Waals surface area contributed by atoms with E-state index in [-0.39, 0.29) is 18.7 Å². The van der Waals surface area contributed by atoms with Gasteiger partial charge in [0.1, 0.15) is 11.5 Å². The van der Waals surface area contributed by atoms with E-state index in [0.717, 1.165) is 21.3 Å². The highest BCUT2D eigenvalue weighted by Crippen LogP contribution is 2.25. The molecule has 0 spiro atoms. The van der Waals surface area contributed by atoms with Gasteiger partial charge < -0.3 is 20.1 Å². The van der Waals surface area contributed by atoms with Gasteiger partial charge in [-0.1, -0.05) is 22.0 Å². The van der Waals surface area contributed by atoms with Crippen LogP contribution in [0.5, 0.6) is 11.5 Å². The maximum absolute atomic E-state index is 12.2. The molecule has 0 radical (unpaired) electrons. The minimum Gasteiger partial charge on any atom is -0.457 e. The number of hydrogen-bond donors (Lipinski definition) is 2. The van der Waals surface area contributed by atoms with E-state index >= 15 is 0 Å². The summed E-state index contributed by atoms with van der Waals surface area (Å²) in [5.41, 5.74) is 4.49. The van der Waals surface area contributed by atoms with Crippen molar-refractivity contribution < 1.29 is 23.9 Å². The molecule has 0 saturated heterocycles. The maximum Gasteiger partial charge on any atom is 0.306 e. The molecule has 182 valence electrons. The van der Waals surface area contributed by atoms with Crippen LogP contribution in [0.15, 0.2) is 65.1 Å². The summed E-state index contributed by atoms with van der Waals surface area (Å²) in [4.78, 5) is 36.1. The second-order valence-electron chi connectivity index (χ2n) is 8.09. The Kier molecular flexibility index (Phi) is 9.03.